The fourth-order valence-electron chi connectivity index (χ4n) is 1.17. The average Bonchev–Trinajstić information content (AvgIpc) is 2.45. The van der Waals surface area contributed by atoms with Crippen molar-refractivity contribution in [1.82, 2.24) is 4.98 Å². The minimum atomic E-state index is 0.506. The van der Waals surface area contributed by atoms with Crippen LogP contribution in [-0.2, 0) is 6.42 Å². The zero-order valence-corrected chi connectivity index (χ0v) is 6.56. The quantitative estimate of drug-likeness (QED) is 0.597. The molecule has 0 radical (unpaired) electrons. The third-order valence-corrected chi connectivity index (χ3v) is 2.03. The van der Waals surface area contributed by atoms with Crippen molar-refractivity contribution >= 4 is 17.3 Å². The molecule has 2 heterocycles. The predicted octanol–water partition coefficient (Wildman–Crippen LogP) is 1.25. The number of hydrogen-bond acceptors (Lipinski definition) is 3. The summed E-state index contributed by atoms with van der Waals surface area (Å²) < 4.78 is 5.26. The maximum Gasteiger partial charge on any atom is 0.150 e. The second-order valence-electron chi connectivity index (χ2n) is 2.41. The lowest BCUT2D eigenvalue weighted by atomic mass is 10.2. The summed E-state index contributed by atoms with van der Waals surface area (Å²) in [5.74, 6) is 0.713. The second-order valence-corrected chi connectivity index (χ2v) is 2.77. The summed E-state index contributed by atoms with van der Waals surface area (Å²) in [6, 6.07) is 0. The number of aromatic nitrogens is 1. The highest BCUT2D eigenvalue weighted by Crippen LogP contribution is 2.34. The fraction of sp³-hybridized carbons (Fsp3) is 0.286. The maximum atomic E-state index is 5.79. The molecule has 2 rings (SSSR count). The summed E-state index contributed by atoms with van der Waals surface area (Å²) >= 11 is 5.79. The molecule has 0 unspecified atom stereocenters. The van der Waals surface area contributed by atoms with Gasteiger partial charge in [0.15, 0.2) is 0 Å². The lowest BCUT2D eigenvalue weighted by Crippen LogP contribution is -1.92. The van der Waals surface area contributed by atoms with Crippen LogP contribution >= 0.6 is 11.6 Å². The number of ether oxygens (including phenoxy) is 1. The van der Waals surface area contributed by atoms with Gasteiger partial charge in [-0.05, 0) is 0 Å². The molecule has 0 spiro atoms. The van der Waals surface area contributed by atoms with Gasteiger partial charge in [0, 0.05) is 12.0 Å². The first kappa shape index (κ1) is 6.73. The van der Waals surface area contributed by atoms with E-state index in [1.165, 1.54) is 6.20 Å². The number of pyridine rings is 1. The molecule has 0 aromatic carbocycles. The highest BCUT2D eigenvalue weighted by Gasteiger charge is 2.18. The number of rotatable bonds is 0. The van der Waals surface area contributed by atoms with Gasteiger partial charge in [-0.2, -0.15) is 0 Å². The Labute approximate surface area is 69.1 Å². The zero-order valence-electron chi connectivity index (χ0n) is 5.80. The van der Waals surface area contributed by atoms with Crippen molar-refractivity contribution in [1.29, 1.82) is 0 Å². The maximum absolute atomic E-state index is 5.79. The standard InChI is InChI=1S/C7H7ClN2O/c8-7-4-1-2-11-6(4)5(9)3-10-7/h3H,1-2,9H2. The van der Waals surface area contributed by atoms with Crippen LogP contribution in [-0.4, -0.2) is 11.6 Å². The van der Waals surface area contributed by atoms with Crippen LogP contribution in [0.15, 0.2) is 6.20 Å². The average molecular weight is 171 g/mol. The van der Waals surface area contributed by atoms with E-state index in [2.05, 4.69) is 4.98 Å². The van der Waals surface area contributed by atoms with Gasteiger partial charge < -0.3 is 10.5 Å². The van der Waals surface area contributed by atoms with Crippen molar-refractivity contribution in [2.24, 2.45) is 0 Å². The molecule has 4 heteroatoms. The highest BCUT2D eigenvalue weighted by molar-refractivity contribution is 6.30. The van der Waals surface area contributed by atoms with Crippen LogP contribution in [0.1, 0.15) is 5.56 Å². The van der Waals surface area contributed by atoms with Gasteiger partial charge in [0.25, 0.3) is 0 Å². The number of nitrogens with zero attached hydrogens (tertiary/aromatic N) is 1. The lowest BCUT2D eigenvalue weighted by Gasteiger charge is -2.02. The molecule has 0 saturated carbocycles. The van der Waals surface area contributed by atoms with Crippen molar-refractivity contribution in [2.45, 2.75) is 6.42 Å². The first-order valence-electron chi connectivity index (χ1n) is 3.34. The van der Waals surface area contributed by atoms with Crippen LogP contribution in [0, 0.1) is 0 Å². The molecule has 11 heavy (non-hydrogen) atoms. The number of nitrogen functional groups attached to an aromatic ring is 1. The Morgan fingerprint density at radius 1 is 1.64 bits per heavy atom. The number of halogens is 1. The van der Waals surface area contributed by atoms with Crippen molar-refractivity contribution in [2.75, 3.05) is 12.3 Å². The highest BCUT2D eigenvalue weighted by atomic mass is 35.5. The van der Waals surface area contributed by atoms with E-state index in [1.54, 1.807) is 0 Å². The van der Waals surface area contributed by atoms with E-state index in [1.807, 2.05) is 0 Å². The fourth-order valence-corrected chi connectivity index (χ4v) is 1.40. The van der Waals surface area contributed by atoms with E-state index >= 15 is 0 Å². The molecule has 3 nitrogen and oxygen atoms in total. The van der Waals surface area contributed by atoms with Gasteiger partial charge in [0.05, 0.1) is 18.5 Å². The van der Waals surface area contributed by atoms with E-state index in [4.69, 9.17) is 22.1 Å². The minimum absolute atomic E-state index is 0.506. The Balaban J connectivity index is 2.64. The van der Waals surface area contributed by atoms with E-state index < -0.39 is 0 Å². The molecule has 1 aromatic rings. The van der Waals surface area contributed by atoms with Gasteiger partial charge >= 0.3 is 0 Å². The second kappa shape index (κ2) is 2.27. The van der Waals surface area contributed by atoms with Crippen LogP contribution in [0.5, 0.6) is 5.75 Å². The van der Waals surface area contributed by atoms with Crippen molar-refractivity contribution < 1.29 is 4.74 Å². The summed E-state index contributed by atoms with van der Waals surface area (Å²) in [5.41, 5.74) is 7.10. The van der Waals surface area contributed by atoms with Crippen molar-refractivity contribution in [3.63, 3.8) is 0 Å². The predicted molar refractivity (Wildman–Crippen MR) is 42.9 cm³/mol. The van der Waals surface area contributed by atoms with Crippen LogP contribution in [0.2, 0.25) is 5.15 Å². The minimum Gasteiger partial charge on any atom is -0.491 e. The van der Waals surface area contributed by atoms with Gasteiger partial charge in [-0.15, -0.1) is 0 Å². The first-order valence-corrected chi connectivity index (χ1v) is 3.72. The third-order valence-electron chi connectivity index (χ3n) is 1.70. The van der Waals surface area contributed by atoms with E-state index in [0.717, 1.165) is 12.0 Å². The molecule has 0 fully saturated rings. The Morgan fingerprint density at radius 2 is 2.45 bits per heavy atom. The number of fused-ring (bicyclic) bond motifs is 1. The molecule has 0 aliphatic carbocycles. The summed E-state index contributed by atoms with van der Waals surface area (Å²) in [5, 5.41) is 0.506. The van der Waals surface area contributed by atoms with Crippen molar-refractivity contribution in [3.05, 3.63) is 16.9 Å². The molecule has 0 amide bonds. The molecule has 0 atom stereocenters. The Bertz CT molecular complexity index is 272. The number of nitrogens with two attached hydrogens (primary N) is 1. The molecule has 2 N–H and O–H groups in total. The van der Waals surface area contributed by atoms with Gasteiger partial charge in [-0.25, -0.2) is 4.98 Å². The Hall–Kier alpha value is -0.960. The summed E-state index contributed by atoms with van der Waals surface area (Å²) in [6.45, 7) is 0.658. The molecular weight excluding hydrogens is 164 g/mol. The van der Waals surface area contributed by atoms with E-state index in [0.29, 0.717) is 23.2 Å². The summed E-state index contributed by atoms with van der Waals surface area (Å²) in [4.78, 5) is 3.91. The third kappa shape index (κ3) is 0.922. The van der Waals surface area contributed by atoms with Crippen LogP contribution < -0.4 is 10.5 Å². The first-order chi connectivity index (χ1) is 5.29. The van der Waals surface area contributed by atoms with Gasteiger partial charge in [-0.1, -0.05) is 11.6 Å². The monoisotopic (exact) mass is 170 g/mol. The molecule has 58 valence electrons. The number of anilines is 1. The topological polar surface area (TPSA) is 48.1 Å². The molecule has 1 aliphatic rings. The van der Waals surface area contributed by atoms with E-state index in [-0.39, 0.29) is 0 Å². The number of hydrogen-bond donors (Lipinski definition) is 1. The van der Waals surface area contributed by atoms with Crippen LogP contribution in [0.25, 0.3) is 0 Å². The molecular formula is C7H7ClN2O. The summed E-state index contributed by atoms with van der Waals surface area (Å²) in [7, 11) is 0. The van der Waals surface area contributed by atoms with Gasteiger partial charge in [0.2, 0.25) is 0 Å². The Morgan fingerprint density at radius 3 is 3.18 bits per heavy atom. The zero-order chi connectivity index (χ0) is 7.84. The molecule has 0 saturated heterocycles. The molecule has 1 aromatic heterocycles. The van der Waals surface area contributed by atoms with E-state index in [9.17, 15) is 0 Å². The van der Waals surface area contributed by atoms with Gasteiger partial charge in [0.1, 0.15) is 10.9 Å². The Kier molecular flexibility index (Phi) is 1.39. The molecule has 1 aliphatic heterocycles. The van der Waals surface area contributed by atoms with Crippen LogP contribution in [0.4, 0.5) is 5.69 Å². The van der Waals surface area contributed by atoms with Crippen molar-refractivity contribution in [3.8, 4) is 5.75 Å². The van der Waals surface area contributed by atoms with Crippen LogP contribution in [0.3, 0.4) is 0 Å². The summed E-state index contributed by atoms with van der Waals surface area (Å²) in [6.07, 6.45) is 2.33. The lowest BCUT2D eigenvalue weighted by molar-refractivity contribution is 0.358. The molecule has 0 bridgehead atoms. The normalized spacial score (nSPS) is 14.3. The largest absolute Gasteiger partial charge is 0.491 e. The smallest absolute Gasteiger partial charge is 0.150 e. The SMILES string of the molecule is Nc1cnc(Cl)c2c1OCC2. The van der Waals surface area contributed by atoms with Gasteiger partial charge in [-0.3, -0.25) is 0 Å².